The molecule has 2 nitrogen and oxygen atoms in total. The Balaban J connectivity index is 1.53. The van der Waals surface area contributed by atoms with Gasteiger partial charge in [-0.05, 0) is 80.0 Å². The number of allylic oxidation sites excluding steroid dienone is 5. The van der Waals surface area contributed by atoms with E-state index >= 15 is 0 Å². The van der Waals surface area contributed by atoms with E-state index in [1.54, 1.807) is 23.6 Å². The summed E-state index contributed by atoms with van der Waals surface area (Å²) in [5, 5.41) is 0. The molecule has 0 unspecified atom stereocenters. The zero-order valence-corrected chi connectivity index (χ0v) is 21.7. The lowest BCUT2D eigenvalue weighted by Crippen LogP contribution is -2.42. The molecule has 0 bridgehead atoms. The first kappa shape index (κ1) is 23.8. The van der Waals surface area contributed by atoms with Crippen molar-refractivity contribution in [3.05, 3.63) is 34.9 Å². The minimum atomic E-state index is -0.133. The summed E-state index contributed by atoms with van der Waals surface area (Å²) in [6.45, 7) is 16.1. The Morgan fingerprint density at radius 2 is 1.84 bits per heavy atom. The van der Waals surface area contributed by atoms with Gasteiger partial charge < -0.3 is 4.74 Å². The van der Waals surface area contributed by atoms with Crippen LogP contribution in [0.5, 0.6) is 0 Å². The number of hydrogen-bond acceptors (Lipinski definition) is 2. The molecule has 32 heavy (non-hydrogen) atoms. The van der Waals surface area contributed by atoms with E-state index in [4.69, 9.17) is 4.74 Å². The van der Waals surface area contributed by atoms with Gasteiger partial charge in [0.1, 0.15) is 6.10 Å². The van der Waals surface area contributed by atoms with Gasteiger partial charge in [-0.3, -0.25) is 4.79 Å². The summed E-state index contributed by atoms with van der Waals surface area (Å²) < 4.78 is 5.60. The number of ether oxygens (including phenoxy) is 1. The van der Waals surface area contributed by atoms with Crippen molar-refractivity contribution in [2.75, 3.05) is 0 Å². The Morgan fingerprint density at radius 3 is 2.53 bits per heavy atom. The molecule has 0 saturated heterocycles. The Kier molecular flexibility index (Phi) is 6.56. The third-order valence-electron chi connectivity index (χ3n) is 10.2. The molecule has 0 heterocycles. The fourth-order valence-corrected chi connectivity index (χ4v) is 7.83. The third kappa shape index (κ3) is 4.05. The van der Waals surface area contributed by atoms with E-state index in [1.165, 1.54) is 25.7 Å². The average molecular weight is 439 g/mol. The van der Waals surface area contributed by atoms with E-state index in [1.807, 2.05) is 0 Å². The fraction of sp³-hybridized carbons (Fsp3) is 0.767. The third-order valence-corrected chi connectivity index (χ3v) is 10.2. The summed E-state index contributed by atoms with van der Waals surface area (Å²) in [7, 11) is 0. The second-order valence-corrected chi connectivity index (χ2v) is 12.3. The van der Waals surface area contributed by atoms with Crippen molar-refractivity contribution in [2.45, 2.75) is 106 Å². The molecular formula is C30H46O2. The summed E-state index contributed by atoms with van der Waals surface area (Å²) in [5.41, 5.74) is 5.77. The number of carbonyl (C=O) groups excluding carboxylic acids is 1. The van der Waals surface area contributed by atoms with Crippen LogP contribution in [0.1, 0.15) is 99.8 Å². The average Bonchev–Trinajstić information content (AvgIpc) is 3.08. The van der Waals surface area contributed by atoms with Gasteiger partial charge in [-0.1, -0.05) is 76.5 Å². The first-order chi connectivity index (χ1) is 15.1. The van der Waals surface area contributed by atoms with Crippen molar-refractivity contribution >= 4 is 5.97 Å². The maximum absolute atomic E-state index is 11.5. The molecule has 0 radical (unpaired) electrons. The smallest absolute Gasteiger partial charge is 0.302 e. The van der Waals surface area contributed by atoms with Gasteiger partial charge in [0.2, 0.25) is 0 Å². The molecule has 0 aromatic heterocycles. The highest BCUT2D eigenvalue weighted by molar-refractivity contribution is 5.66. The molecule has 2 heteroatoms. The second-order valence-electron chi connectivity index (χ2n) is 12.3. The minimum absolute atomic E-state index is 0.0829. The van der Waals surface area contributed by atoms with Gasteiger partial charge in [0.05, 0.1) is 0 Å². The summed E-state index contributed by atoms with van der Waals surface area (Å²) in [5.74, 6) is 3.47. The number of rotatable bonds is 5. The summed E-state index contributed by atoms with van der Waals surface area (Å²) in [4.78, 5) is 11.5. The molecule has 0 aromatic rings. The molecule has 7 atom stereocenters. The van der Waals surface area contributed by atoms with E-state index in [2.05, 4.69) is 59.8 Å². The Bertz CT molecular complexity index is 830. The Labute approximate surface area is 197 Å². The van der Waals surface area contributed by atoms with E-state index in [0.717, 1.165) is 37.5 Å². The van der Waals surface area contributed by atoms with Crippen LogP contribution >= 0.6 is 0 Å². The van der Waals surface area contributed by atoms with Gasteiger partial charge in [0.15, 0.2) is 0 Å². The first-order valence-corrected chi connectivity index (χ1v) is 13.3. The highest BCUT2D eigenvalue weighted by Gasteiger charge is 2.54. The van der Waals surface area contributed by atoms with Crippen LogP contribution in [0.3, 0.4) is 0 Å². The summed E-state index contributed by atoms with van der Waals surface area (Å²) in [6, 6.07) is 0. The molecule has 2 saturated carbocycles. The summed E-state index contributed by atoms with van der Waals surface area (Å²) in [6.07, 6.45) is 17.2. The number of hydrogen-bond donors (Lipinski definition) is 0. The largest absolute Gasteiger partial charge is 0.462 e. The molecule has 0 N–H and O–H groups in total. The van der Waals surface area contributed by atoms with Crippen LogP contribution in [0.2, 0.25) is 0 Å². The predicted molar refractivity (Wildman–Crippen MR) is 133 cm³/mol. The minimum Gasteiger partial charge on any atom is -0.462 e. The van der Waals surface area contributed by atoms with Gasteiger partial charge in [0, 0.05) is 18.8 Å². The van der Waals surface area contributed by atoms with Crippen molar-refractivity contribution in [1.29, 1.82) is 0 Å². The van der Waals surface area contributed by atoms with Crippen molar-refractivity contribution in [3.63, 3.8) is 0 Å². The molecule has 4 aliphatic rings. The normalized spacial score (nSPS) is 38.8. The van der Waals surface area contributed by atoms with Crippen LogP contribution in [-0.4, -0.2) is 12.1 Å². The predicted octanol–water partition coefficient (Wildman–Crippen LogP) is 8.05. The zero-order valence-electron chi connectivity index (χ0n) is 21.7. The fourth-order valence-electron chi connectivity index (χ4n) is 7.83. The van der Waals surface area contributed by atoms with E-state index < -0.39 is 0 Å². The highest BCUT2D eigenvalue weighted by Crippen LogP contribution is 2.64. The lowest BCUT2D eigenvalue weighted by molar-refractivity contribution is -0.147. The maximum Gasteiger partial charge on any atom is 0.302 e. The molecule has 178 valence electrons. The summed E-state index contributed by atoms with van der Waals surface area (Å²) >= 11 is 0. The topological polar surface area (TPSA) is 26.3 Å². The van der Waals surface area contributed by atoms with Crippen molar-refractivity contribution in [1.82, 2.24) is 0 Å². The Morgan fingerprint density at radius 1 is 1.09 bits per heavy atom. The molecule has 4 aliphatic carbocycles. The van der Waals surface area contributed by atoms with E-state index in [9.17, 15) is 4.79 Å². The molecule has 4 rings (SSSR count). The van der Waals surface area contributed by atoms with Crippen molar-refractivity contribution < 1.29 is 9.53 Å². The lowest BCUT2D eigenvalue weighted by atomic mass is 9.53. The van der Waals surface area contributed by atoms with Gasteiger partial charge in [-0.25, -0.2) is 0 Å². The van der Waals surface area contributed by atoms with Crippen LogP contribution in [0.25, 0.3) is 0 Å². The van der Waals surface area contributed by atoms with Gasteiger partial charge in [-0.15, -0.1) is 0 Å². The molecular weight excluding hydrogens is 392 g/mol. The van der Waals surface area contributed by atoms with Crippen LogP contribution in [0, 0.1) is 40.4 Å². The zero-order chi connectivity index (χ0) is 23.3. The second kappa shape index (κ2) is 8.80. The molecule has 0 spiro atoms. The van der Waals surface area contributed by atoms with E-state index in [0.29, 0.717) is 23.2 Å². The van der Waals surface area contributed by atoms with Gasteiger partial charge in [-0.2, -0.15) is 0 Å². The van der Waals surface area contributed by atoms with Crippen LogP contribution in [0.4, 0.5) is 0 Å². The van der Waals surface area contributed by atoms with Gasteiger partial charge in [0.25, 0.3) is 0 Å². The highest BCUT2D eigenvalue weighted by atomic mass is 16.5. The quantitative estimate of drug-likeness (QED) is 0.320. The molecule has 2 fully saturated rings. The standard InChI is InChI=1S/C30H46O2/c1-19(2)20(3)8-9-21(4)26-12-13-27-25-11-10-23-18-24(32-22(5)31)14-16-29(23,6)28(25)15-17-30(26,27)7/h8-10,19-21,24,26-27H,11-18H2,1-7H3/b9-8+/t20-,21-,24-,26+,27+,29-,30+/m0/s1. The number of esters is 1. The van der Waals surface area contributed by atoms with Gasteiger partial charge >= 0.3 is 5.97 Å². The lowest BCUT2D eigenvalue weighted by Gasteiger charge is -2.52. The Hall–Kier alpha value is -1.31. The molecule has 0 aromatic carbocycles. The monoisotopic (exact) mass is 438 g/mol. The van der Waals surface area contributed by atoms with Crippen molar-refractivity contribution in [2.24, 2.45) is 40.4 Å². The maximum atomic E-state index is 11.5. The van der Waals surface area contributed by atoms with Crippen LogP contribution < -0.4 is 0 Å². The number of carbonyl (C=O) groups is 1. The molecule has 0 amide bonds. The number of fused-ring (bicyclic) bond motifs is 4. The van der Waals surface area contributed by atoms with E-state index in [-0.39, 0.29) is 17.5 Å². The first-order valence-electron chi connectivity index (χ1n) is 13.3. The van der Waals surface area contributed by atoms with Crippen LogP contribution in [0.15, 0.2) is 34.9 Å². The molecule has 0 aliphatic heterocycles. The van der Waals surface area contributed by atoms with Crippen LogP contribution in [-0.2, 0) is 9.53 Å². The SMILES string of the molecule is CC(=O)O[C@H]1CC[C@@]2(C)C(=CCC3=C2CC[C@@]2(C)[C@@H]3CC[C@@H]2[C@@H](C)/C=C/[C@H](C)C(C)C)C1. The van der Waals surface area contributed by atoms with Crippen molar-refractivity contribution in [3.8, 4) is 0 Å².